The number of primary amides is 1. The number of aliphatic hydroxyl groups excluding tert-OH is 1. The van der Waals surface area contributed by atoms with E-state index < -0.39 is 29.9 Å². The Hall–Kier alpha value is -3.19. The van der Waals surface area contributed by atoms with Crippen molar-refractivity contribution in [2.24, 2.45) is 5.73 Å². The van der Waals surface area contributed by atoms with E-state index in [1.54, 1.807) is 42.5 Å². The van der Waals surface area contributed by atoms with Crippen LogP contribution in [0.15, 0.2) is 54.6 Å². The Morgan fingerprint density at radius 2 is 1.60 bits per heavy atom. The van der Waals surface area contributed by atoms with Crippen LogP contribution in [0.1, 0.15) is 27.6 Å². The number of hydrogen-bond donors (Lipinski definition) is 4. The monoisotopic (exact) mass is 342 g/mol. The molecule has 0 radical (unpaired) electrons. The lowest BCUT2D eigenvalue weighted by atomic mass is 10.0. The van der Waals surface area contributed by atoms with Crippen LogP contribution in [0.2, 0.25) is 0 Å². The third-order valence-corrected chi connectivity index (χ3v) is 3.66. The summed E-state index contributed by atoms with van der Waals surface area (Å²) in [5.41, 5.74) is 6.46. The first-order chi connectivity index (χ1) is 11.9. The van der Waals surface area contributed by atoms with Gasteiger partial charge in [0.25, 0.3) is 5.91 Å². The zero-order valence-corrected chi connectivity index (χ0v) is 13.3. The van der Waals surface area contributed by atoms with E-state index in [9.17, 15) is 19.5 Å². The van der Waals surface area contributed by atoms with Gasteiger partial charge in [0.2, 0.25) is 5.91 Å². The second-order valence-corrected chi connectivity index (χ2v) is 5.48. The van der Waals surface area contributed by atoms with E-state index in [0.29, 0.717) is 11.1 Å². The molecule has 0 spiro atoms. The van der Waals surface area contributed by atoms with Gasteiger partial charge in [-0.1, -0.05) is 42.5 Å². The molecule has 0 fully saturated rings. The Labute approximate surface area is 144 Å². The number of aliphatic hydroxyl groups is 1. The molecule has 7 heteroatoms. The molecule has 5 N–H and O–H groups in total. The third-order valence-electron chi connectivity index (χ3n) is 3.66. The third kappa shape index (κ3) is 4.89. The normalized spacial score (nSPS) is 12.8. The standard InChI is InChI=1S/C18H18N2O5/c19-16(22)14(10-11-6-8-13(9-7-11)18(24)25)20-17(23)15(21)12-4-2-1-3-5-12/h1-9,14-15,21H,10H2,(H2,19,22)(H,20,23)(H,24,25)/t14-,15+/m1/s1. The van der Waals surface area contributed by atoms with Crippen molar-refractivity contribution in [1.29, 1.82) is 0 Å². The topological polar surface area (TPSA) is 130 Å². The van der Waals surface area contributed by atoms with E-state index in [0.717, 1.165) is 0 Å². The van der Waals surface area contributed by atoms with E-state index in [1.807, 2.05) is 0 Å². The molecule has 25 heavy (non-hydrogen) atoms. The van der Waals surface area contributed by atoms with E-state index in [4.69, 9.17) is 10.8 Å². The van der Waals surface area contributed by atoms with Crippen LogP contribution in [0, 0.1) is 0 Å². The number of benzene rings is 2. The van der Waals surface area contributed by atoms with E-state index in [2.05, 4.69) is 5.32 Å². The molecule has 130 valence electrons. The number of rotatable bonds is 7. The van der Waals surface area contributed by atoms with Crippen LogP contribution in [0.4, 0.5) is 0 Å². The number of amides is 2. The maximum Gasteiger partial charge on any atom is 0.335 e. The van der Waals surface area contributed by atoms with Crippen molar-refractivity contribution in [1.82, 2.24) is 5.32 Å². The largest absolute Gasteiger partial charge is 0.478 e. The molecule has 0 aromatic heterocycles. The molecule has 7 nitrogen and oxygen atoms in total. The Bertz CT molecular complexity index is 759. The molecule has 0 aliphatic rings. The van der Waals surface area contributed by atoms with Gasteiger partial charge in [0.05, 0.1) is 5.56 Å². The molecule has 0 unspecified atom stereocenters. The summed E-state index contributed by atoms with van der Waals surface area (Å²) in [4.78, 5) is 34.6. The number of carbonyl (C=O) groups is 3. The minimum Gasteiger partial charge on any atom is -0.478 e. The Balaban J connectivity index is 2.06. The quantitative estimate of drug-likeness (QED) is 0.586. The Morgan fingerprint density at radius 3 is 2.12 bits per heavy atom. The summed E-state index contributed by atoms with van der Waals surface area (Å²) < 4.78 is 0. The van der Waals surface area contributed by atoms with Crippen LogP contribution >= 0.6 is 0 Å². The summed E-state index contributed by atoms with van der Waals surface area (Å²) in [6, 6.07) is 13.2. The summed E-state index contributed by atoms with van der Waals surface area (Å²) in [6.45, 7) is 0. The summed E-state index contributed by atoms with van der Waals surface area (Å²) in [5.74, 6) is -2.55. The van der Waals surface area contributed by atoms with Gasteiger partial charge >= 0.3 is 5.97 Å². The number of carbonyl (C=O) groups excluding carboxylic acids is 2. The minimum absolute atomic E-state index is 0.0858. The molecule has 2 amide bonds. The van der Waals surface area contributed by atoms with Crippen LogP contribution < -0.4 is 11.1 Å². The van der Waals surface area contributed by atoms with Gasteiger partial charge in [-0.2, -0.15) is 0 Å². The first kappa shape index (κ1) is 18.2. The number of carboxylic acid groups (broad SMARTS) is 1. The summed E-state index contributed by atoms with van der Waals surface area (Å²) in [5, 5.41) is 21.3. The van der Waals surface area contributed by atoms with Gasteiger partial charge in [0.1, 0.15) is 6.04 Å². The van der Waals surface area contributed by atoms with Crippen molar-refractivity contribution in [3.63, 3.8) is 0 Å². The van der Waals surface area contributed by atoms with Crippen LogP contribution in [0.3, 0.4) is 0 Å². The smallest absolute Gasteiger partial charge is 0.335 e. The lowest BCUT2D eigenvalue weighted by Crippen LogP contribution is -2.47. The average Bonchev–Trinajstić information content (AvgIpc) is 2.61. The fourth-order valence-corrected chi connectivity index (χ4v) is 2.28. The second-order valence-electron chi connectivity index (χ2n) is 5.48. The predicted molar refractivity (Wildman–Crippen MR) is 89.6 cm³/mol. The average molecular weight is 342 g/mol. The van der Waals surface area contributed by atoms with Crippen LogP contribution in [0.25, 0.3) is 0 Å². The van der Waals surface area contributed by atoms with Crippen LogP contribution in [-0.4, -0.2) is 34.0 Å². The number of nitrogens with one attached hydrogen (secondary N) is 1. The number of hydrogen-bond acceptors (Lipinski definition) is 4. The van der Waals surface area contributed by atoms with Crippen molar-refractivity contribution in [2.75, 3.05) is 0 Å². The van der Waals surface area contributed by atoms with Gasteiger partial charge in [-0.25, -0.2) is 4.79 Å². The van der Waals surface area contributed by atoms with Gasteiger partial charge in [-0.15, -0.1) is 0 Å². The first-order valence-electron chi connectivity index (χ1n) is 7.53. The maximum absolute atomic E-state index is 12.1. The predicted octanol–water partition coefficient (Wildman–Crippen LogP) is 0.631. The molecule has 2 aromatic rings. The molecule has 2 atom stereocenters. The highest BCUT2D eigenvalue weighted by molar-refractivity contribution is 5.89. The lowest BCUT2D eigenvalue weighted by Gasteiger charge is -2.18. The maximum atomic E-state index is 12.1. The summed E-state index contributed by atoms with van der Waals surface area (Å²) >= 11 is 0. The zero-order chi connectivity index (χ0) is 18.4. The van der Waals surface area contributed by atoms with Gasteiger partial charge in [0, 0.05) is 6.42 Å². The lowest BCUT2D eigenvalue weighted by molar-refractivity contribution is -0.133. The minimum atomic E-state index is -1.42. The second kappa shape index (κ2) is 8.07. The molecule has 0 saturated heterocycles. The highest BCUT2D eigenvalue weighted by Gasteiger charge is 2.24. The number of carboxylic acids is 1. The number of aromatic carboxylic acids is 1. The molecule has 0 saturated carbocycles. The van der Waals surface area contributed by atoms with E-state index >= 15 is 0 Å². The van der Waals surface area contributed by atoms with Gasteiger partial charge in [-0.05, 0) is 23.3 Å². The van der Waals surface area contributed by atoms with Gasteiger partial charge in [0.15, 0.2) is 6.10 Å². The molecule has 0 bridgehead atoms. The Morgan fingerprint density at radius 1 is 1.00 bits per heavy atom. The summed E-state index contributed by atoms with van der Waals surface area (Å²) in [7, 11) is 0. The molecule has 2 rings (SSSR count). The van der Waals surface area contributed by atoms with Crippen molar-refractivity contribution in [2.45, 2.75) is 18.6 Å². The molecular weight excluding hydrogens is 324 g/mol. The van der Waals surface area contributed by atoms with E-state index in [-0.39, 0.29) is 12.0 Å². The Kier molecular flexibility index (Phi) is 5.86. The number of nitrogens with two attached hydrogens (primary N) is 1. The SMILES string of the molecule is NC(=O)[C@@H](Cc1ccc(C(=O)O)cc1)NC(=O)[C@@H](O)c1ccccc1. The van der Waals surface area contributed by atoms with Crippen molar-refractivity contribution in [3.8, 4) is 0 Å². The molecule has 2 aromatic carbocycles. The molecule has 0 aliphatic heterocycles. The highest BCUT2D eigenvalue weighted by atomic mass is 16.4. The van der Waals surface area contributed by atoms with E-state index in [1.165, 1.54) is 12.1 Å². The molecular formula is C18H18N2O5. The fourth-order valence-electron chi connectivity index (χ4n) is 2.28. The van der Waals surface area contributed by atoms with Gasteiger partial charge < -0.3 is 21.3 Å². The van der Waals surface area contributed by atoms with Gasteiger partial charge in [-0.3, -0.25) is 9.59 Å². The van der Waals surface area contributed by atoms with Crippen LogP contribution in [-0.2, 0) is 16.0 Å². The van der Waals surface area contributed by atoms with Crippen molar-refractivity contribution in [3.05, 3.63) is 71.3 Å². The molecule has 0 heterocycles. The van der Waals surface area contributed by atoms with Crippen molar-refractivity contribution >= 4 is 17.8 Å². The summed E-state index contributed by atoms with van der Waals surface area (Å²) in [6.07, 6.45) is -1.33. The molecule has 0 aliphatic carbocycles. The zero-order valence-electron chi connectivity index (χ0n) is 13.3. The first-order valence-corrected chi connectivity index (χ1v) is 7.53. The van der Waals surface area contributed by atoms with Crippen LogP contribution in [0.5, 0.6) is 0 Å². The highest BCUT2D eigenvalue weighted by Crippen LogP contribution is 2.13. The van der Waals surface area contributed by atoms with Crippen molar-refractivity contribution < 1.29 is 24.6 Å². The fraction of sp³-hybridized carbons (Fsp3) is 0.167.